The van der Waals surface area contributed by atoms with Gasteiger partial charge in [0.2, 0.25) is 5.96 Å². The molecule has 0 aliphatic carbocycles. The Kier molecular flexibility index (Phi) is 6.78. The smallest absolute Gasteiger partial charge is 0.414 e. The molecule has 7 heteroatoms. The maximum atomic E-state index is 12.0. The molecule has 26 heavy (non-hydrogen) atoms. The molecule has 1 aromatic carbocycles. The molecule has 0 fully saturated rings. The molecule has 1 aromatic rings. The summed E-state index contributed by atoms with van der Waals surface area (Å²) in [5.41, 5.74) is -0.350. The summed E-state index contributed by atoms with van der Waals surface area (Å²) in [6.45, 7) is 10.3. The first kappa shape index (κ1) is 21.0. The van der Waals surface area contributed by atoms with E-state index in [0.29, 0.717) is 11.3 Å². The molecule has 0 aromatic heterocycles. The Labute approximate surface area is 154 Å². The molecule has 0 atom stereocenters. The minimum absolute atomic E-state index is 0.136. The predicted octanol–water partition coefficient (Wildman–Crippen LogP) is 3.70. The largest absolute Gasteiger partial charge is 0.444 e. The van der Waals surface area contributed by atoms with Crippen LogP contribution in [-0.4, -0.2) is 29.3 Å². The standard InChI is InChI=1S/C19H25N3O4/c1-8-13-10-9-11-14(12-13)20-15(21-16(23)25-18(2,3)4)22-17(24)26-19(5,6)7/h1,9-12H,2-7H3,(H2,20,21,22,23,24). The minimum atomic E-state index is -0.764. The summed E-state index contributed by atoms with van der Waals surface area (Å²) in [6.07, 6.45) is 3.84. The fourth-order valence-electron chi connectivity index (χ4n) is 1.68. The Morgan fingerprint density at radius 2 is 1.50 bits per heavy atom. The van der Waals surface area contributed by atoms with E-state index in [2.05, 4.69) is 21.5 Å². The molecule has 0 unspecified atom stereocenters. The second-order valence-electron chi connectivity index (χ2n) is 7.41. The van der Waals surface area contributed by atoms with Crippen LogP contribution in [0.25, 0.3) is 0 Å². The number of ether oxygens (including phenoxy) is 2. The van der Waals surface area contributed by atoms with Crippen molar-refractivity contribution < 1.29 is 19.1 Å². The number of carbonyl (C=O) groups excluding carboxylic acids is 2. The van der Waals surface area contributed by atoms with Crippen LogP contribution in [0.5, 0.6) is 0 Å². The second kappa shape index (κ2) is 8.39. The molecule has 0 saturated heterocycles. The molecule has 0 spiro atoms. The summed E-state index contributed by atoms with van der Waals surface area (Å²) in [7, 11) is 0. The molecule has 0 heterocycles. The molecule has 2 amide bonds. The summed E-state index contributed by atoms with van der Waals surface area (Å²) < 4.78 is 10.4. The van der Waals surface area contributed by atoms with Gasteiger partial charge in [0.15, 0.2) is 0 Å². The van der Waals surface area contributed by atoms with Gasteiger partial charge in [0.25, 0.3) is 0 Å². The highest BCUT2D eigenvalue weighted by molar-refractivity contribution is 6.02. The van der Waals surface area contributed by atoms with E-state index in [1.54, 1.807) is 65.8 Å². The lowest BCUT2D eigenvalue weighted by Crippen LogP contribution is -2.47. The van der Waals surface area contributed by atoms with Crippen LogP contribution in [0.2, 0.25) is 0 Å². The van der Waals surface area contributed by atoms with Gasteiger partial charge in [-0.2, -0.15) is 0 Å². The van der Waals surface area contributed by atoms with Gasteiger partial charge in [-0.25, -0.2) is 14.6 Å². The third-order valence-corrected chi connectivity index (χ3v) is 2.49. The molecule has 0 aliphatic heterocycles. The van der Waals surface area contributed by atoms with Gasteiger partial charge in [-0.1, -0.05) is 12.0 Å². The van der Waals surface area contributed by atoms with Gasteiger partial charge >= 0.3 is 12.2 Å². The van der Waals surface area contributed by atoms with Crippen molar-refractivity contribution >= 4 is 23.8 Å². The van der Waals surface area contributed by atoms with Crippen LogP contribution in [0, 0.1) is 12.3 Å². The van der Waals surface area contributed by atoms with Crippen molar-refractivity contribution in [1.29, 1.82) is 0 Å². The number of aliphatic imine (C=N–C) groups is 1. The molecule has 1 rings (SSSR count). The van der Waals surface area contributed by atoms with Crippen LogP contribution in [-0.2, 0) is 9.47 Å². The summed E-state index contributed by atoms with van der Waals surface area (Å²) in [4.78, 5) is 28.2. The van der Waals surface area contributed by atoms with Gasteiger partial charge in [-0.05, 0) is 59.7 Å². The Balaban J connectivity index is 3.04. The number of terminal acetylenes is 1. The number of nitrogens with zero attached hydrogens (tertiary/aromatic N) is 1. The van der Waals surface area contributed by atoms with E-state index in [4.69, 9.17) is 15.9 Å². The van der Waals surface area contributed by atoms with Gasteiger partial charge < -0.3 is 9.47 Å². The highest BCUT2D eigenvalue weighted by atomic mass is 16.6. The van der Waals surface area contributed by atoms with Crippen LogP contribution >= 0.6 is 0 Å². The molecule has 140 valence electrons. The quantitative estimate of drug-likeness (QED) is 0.454. The van der Waals surface area contributed by atoms with E-state index in [0.717, 1.165) is 0 Å². The van der Waals surface area contributed by atoms with Crippen molar-refractivity contribution in [2.24, 2.45) is 4.99 Å². The van der Waals surface area contributed by atoms with Gasteiger partial charge in [0.1, 0.15) is 11.2 Å². The van der Waals surface area contributed by atoms with Crippen LogP contribution < -0.4 is 10.6 Å². The Hall–Kier alpha value is -3.01. The highest BCUT2D eigenvalue weighted by Gasteiger charge is 2.21. The zero-order chi connectivity index (χ0) is 20.0. The summed E-state index contributed by atoms with van der Waals surface area (Å²) in [5.74, 6) is 2.35. The normalized spacial score (nSPS) is 11.0. The average molecular weight is 359 g/mol. The number of amides is 2. The fourth-order valence-corrected chi connectivity index (χ4v) is 1.68. The molecule has 0 bridgehead atoms. The first-order valence-corrected chi connectivity index (χ1v) is 8.03. The lowest BCUT2D eigenvalue weighted by Gasteiger charge is -2.22. The first-order chi connectivity index (χ1) is 11.9. The molecule has 0 aliphatic rings. The van der Waals surface area contributed by atoms with Crippen LogP contribution in [0.15, 0.2) is 29.3 Å². The van der Waals surface area contributed by atoms with Gasteiger partial charge in [-0.15, -0.1) is 6.42 Å². The van der Waals surface area contributed by atoms with Gasteiger partial charge in [-0.3, -0.25) is 10.6 Å². The lowest BCUT2D eigenvalue weighted by molar-refractivity contribution is 0.0545. The first-order valence-electron chi connectivity index (χ1n) is 8.03. The molecular formula is C19H25N3O4. The summed E-state index contributed by atoms with van der Waals surface area (Å²) in [5, 5.41) is 4.80. The van der Waals surface area contributed by atoms with E-state index in [9.17, 15) is 9.59 Å². The van der Waals surface area contributed by atoms with Crippen molar-refractivity contribution in [3.8, 4) is 12.3 Å². The second-order valence-corrected chi connectivity index (χ2v) is 7.41. The van der Waals surface area contributed by atoms with Crippen molar-refractivity contribution in [2.75, 3.05) is 0 Å². The number of alkyl carbamates (subject to hydrolysis) is 2. The minimum Gasteiger partial charge on any atom is -0.444 e. The Morgan fingerprint density at radius 1 is 1.00 bits per heavy atom. The number of nitrogens with one attached hydrogen (secondary N) is 2. The monoisotopic (exact) mass is 359 g/mol. The number of carbonyl (C=O) groups is 2. The third kappa shape index (κ3) is 8.73. The molecular weight excluding hydrogens is 334 g/mol. The van der Waals surface area contributed by atoms with Crippen LogP contribution in [0.1, 0.15) is 47.1 Å². The van der Waals surface area contributed by atoms with Crippen molar-refractivity contribution in [1.82, 2.24) is 10.6 Å². The number of hydrogen-bond acceptors (Lipinski definition) is 5. The maximum absolute atomic E-state index is 12.0. The lowest BCUT2D eigenvalue weighted by atomic mass is 10.2. The zero-order valence-corrected chi connectivity index (χ0v) is 16.0. The predicted molar refractivity (Wildman–Crippen MR) is 100 cm³/mol. The van der Waals surface area contributed by atoms with E-state index in [-0.39, 0.29) is 5.96 Å². The van der Waals surface area contributed by atoms with E-state index >= 15 is 0 Å². The highest BCUT2D eigenvalue weighted by Crippen LogP contribution is 2.14. The molecule has 0 radical (unpaired) electrons. The topological polar surface area (TPSA) is 89.0 Å². The molecule has 7 nitrogen and oxygen atoms in total. The van der Waals surface area contributed by atoms with Gasteiger partial charge in [0.05, 0.1) is 5.69 Å². The third-order valence-electron chi connectivity index (χ3n) is 2.49. The van der Waals surface area contributed by atoms with Crippen LogP contribution in [0.3, 0.4) is 0 Å². The van der Waals surface area contributed by atoms with E-state index in [1.807, 2.05) is 0 Å². The Bertz CT molecular complexity index is 702. The number of rotatable bonds is 1. The van der Waals surface area contributed by atoms with Crippen molar-refractivity contribution in [3.63, 3.8) is 0 Å². The number of hydrogen-bond donors (Lipinski definition) is 2. The summed E-state index contributed by atoms with van der Waals surface area (Å²) >= 11 is 0. The SMILES string of the molecule is C#Cc1cccc(N=C(NC(=O)OC(C)(C)C)NC(=O)OC(C)(C)C)c1. The van der Waals surface area contributed by atoms with Gasteiger partial charge in [0, 0.05) is 5.56 Å². The average Bonchev–Trinajstić information content (AvgIpc) is 2.42. The molecule has 2 N–H and O–H groups in total. The van der Waals surface area contributed by atoms with E-state index in [1.165, 1.54) is 0 Å². The fraction of sp³-hybridized carbons (Fsp3) is 0.421. The zero-order valence-electron chi connectivity index (χ0n) is 16.0. The summed E-state index contributed by atoms with van der Waals surface area (Å²) in [6, 6.07) is 6.76. The van der Waals surface area contributed by atoms with Crippen LogP contribution in [0.4, 0.5) is 15.3 Å². The number of benzene rings is 1. The maximum Gasteiger partial charge on any atom is 0.414 e. The number of guanidine groups is 1. The van der Waals surface area contributed by atoms with E-state index < -0.39 is 23.4 Å². The van der Waals surface area contributed by atoms with Crippen molar-refractivity contribution in [3.05, 3.63) is 29.8 Å². The Morgan fingerprint density at radius 3 is 1.92 bits per heavy atom. The molecule has 0 saturated carbocycles. The van der Waals surface area contributed by atoms with Crippen molar-refractivity contribution in [2.45, 2.75) is 52.7 Å².